The molecule has 0 N–H and O–H groups in total. The van der Waals surface area contributed by atoms with E-state index in [9.17, 15) is 0 Å². The molecule has 1 aliphatic carbocycles. The summed E-state index contributed by atoms with van der Waals surface area (Å²) >= 11 is 1.90. The summed E-state index contributed by atoms with van der Waals surface area (Å²) in [6, 6.07) is 44.7. The molecule has 0 saturated heterocycles. The largest absolute Gasteiger partial charge is 0.135 e. The van der Waals surface area contributed by atoms with E-state index < -0.39 is 0 Å². The van der Waals surface area contributed by atoms with Crippen molar-refractivity contribution in [2.75, 3.05) is 0 Å². The van der Waals surface area contributed by atoms with E-state index in [0.29, 0.717) is 0 Å². The Labute approximate surface area is 191 Å². The summed E-state index contributed by atoms with van der Waals surface area (Å²) in [5.74, 6) is 0. The van der Waals surface area contributed by atoms with E-state index >= 15 is 0 Å². The molecule has 5 aromatic carbocycles. The molecule has 0 atom stereocenters. The lowest BCUT2D eigenvalue weighted by Crippen LogP contribution is -2.28. The van der Waals surface area contributed by atoms with E-state index in [-0.39, 0.29) is 5.41 Å². The Morgan fingerprint density at radius 1 is 0.438 bits per heavy atom. The van der Waals surface area contributed by atoms with Crippen molar-refractivity contribution in [3.63, 3.8) is 0 Å². The summed E-state index contributed by atoms with van der Waals surface area (Å²) in [4.78, 5) is 0. The van der Waals surface area contributed by atoms with Gasteiger partial charge >= 0.3 is 0 Å². The average molecular weight is 425 g/mol. The van der Waals surface area contributed by atoms with Crippen LogP contribution in [0.4, 0.5) is 0 Å². The quantitative estimate of drug-likeness (QED) is 0.261. The third-order valence-corrected chi connectivity index (χ3v) is 8.09. The summed E-state index contributed by atoms with van der Waals surface area (Å²) < 4.78 is 2.71. The summed E-state index contributed by atoms with van der Waals surface area (Å²) in [6.07, 6.45) is 0. The van der Waals surface area contributed by atoms with Gasteiger partial charge in [-0.1, -0.05) is 103 Å². The smallest absolute Gasteiger partial charge is 0.0714 e. The van der Waals surface area contributed by atoms with Crippen molar-refractivity contribution in [3.8, 4) is 11.1 Å². The zero-order chi connectivity index (χ0) is 21.1. The normalized spacial score (nSPS) is 13.9. The van der Waals surface area contributed by atoms with Crippen LogP contribution >= 0.6 is 11.3 Å². The van der Waals surface area contributed by atoms with Crippen LogP contribution in [-0.2, 0) is 5.41 Å². The number of hydrogen-bond donors (Lipinski definition) is 0. The molecule has 0 amide bonds. The van der Waals surface area contributed by atoms with E-state index in [4.69, 9.17) is 0 Å². The van der Waals surface area contributed by atoms with Crippen LogP contribution in [0.2, 0.25) is 0 Å². The molecule has 1 heterocycles. The second kappa shape index (κ2) is 6.66. The van der Waals surface area contributed by atoms with Crippen molar-refractivity contribution in [1.29, 1.82) is 0 Å². The van der Waals surface area contributed by atoms with Crippen LogP contribution in [0.5, 0.6) is 0 Å². The van der Waals surface area contributed by atoms with Crippen LogP contribution < -0.4 is 0 Å². The van der Waals surface area contributed by atoms with Gasteiger partial charge in [0.05, 0.1) is 5.41 Å². The zero-order valence-corrected chi connectivity index (χ0v) is 18.3. The summed E-state index contributed by atoms with van der Waals surface area (Å²) in [6.45, 7) is 0. The summed E-state index contributed by atoms with van der Waals surface area (Å²) in [7, 11) is 0. The predicted molar refractivity (Wildman–Crippen MR) is 137 cm³/mol. The Morgan fingerprint density at radius 2 is 1.06 bits per heavy atom. The van der Waals surface area contributed by atoms with Crippen LogP contribution in [0, 0.1) is 0 Å². The van der Waals surface area contributed by atoms with Gasteiger partial charge < -0.3 is 0 Å². The zero-order valence-electron chi connectivity index (χ0n) is 17.5. The Kier molecular flexibility index (Phi) is 3.73. The fraction of sp³-hybridized carbons (Fsp3) is 0.0323. The van der Waals surface area contributed by atoms with Gasteiger partial charge in [0.1, 0.15) is 0 Å². The van der Waals surface area contributed by atoms with Crippen molar-refractivity contribution >= 4 is 31.5 Å². The third-order valence-electron chi connectivity index (χ3n) is 6.96. The molecule has 0 spiro atoms. The molecule has 0 fully saturated rings. The first-order chi connectivity index (χ1) is 15.9. The average Bonchev–Trinajstić information content (AvgIpc) is 3.37. The highest BCUT2D eigenvalue weighted by Gasteiger charge is 2.46. The van der Waals surface area contributed by atoms with Crippen molar-refractivity contribution in [1.82, 2.24) is 0 Å². The van der Waals surface area contributed by atoms with Gasteiger partial charge in [-0.05, 0) is 51.6 Å². The number of benzene rings is 5. The maximum absolute atomic E-state index is 2.47. The molecule has 0 nitrogen and oxygen atoms in total. The SMILES string of the molecule is c1ccc(C2(c3ccccc3)c3ccccc3-c3cc4c(cc32)sc2ccccc24)cc1. The highest BCUT2D eigenvalue weighted by molar-refractivity contribution is 7.25. The minimum atomic E-state index is -0.321. The fourth-order valence-corrected chi connectivity index (χ4v) is 6.79. The second-order valence-electron chi connectivity index (χ2n) is 8.52. The van der Waals surface area contributed by atoms with Gasteiger partial charge in [0.15, 0.2) is 0 Å². The highest BCUT2D eigenvalue weighted by atomic mass is 32.1. The molecule has 0 saturated carbocycles. The van der Waals surface area contributed by atoms with Crippen molar-refractivity contribution < 1.29 is 0 Å². The molecule has 0 aliphatic heterocycles. The Hall–Kier alpha value is -3.68. The Balaban J connectivity index is 1.69. The first-order valence-corrected chi connectivity index (χ1v) is 11.9. The lowest BCUT2D eigenvalue weighted by atomic mass is 9.68. The van der Waals surface area contributed by atoms with Gasteiger partial charge in [-0.15, -0.1) is 11.3 Å². The van der Waals surface area contributed by atoms with Crippen LogP contribution in [0.3, 0.4) is 0 Å². The predicted octanol–water partition coefficient (Wildman–Crippen LogP) is 8.42. The van der Waals surface area contributed by atoms with Crippen LogP contribution in [-0.4, -0.2) is 0 Å². The van der Waals surface area contributed by atoms with Gasteiger partial charge in [-0.2, -0.15) is 0 Å². The van der Waals surface area contributed by atoms with Gasteiger partial charge in [0, 0.05) is 20.2 Å². The maximum atomic E-state index is 2.47. The van der Waals surface area contributed by atoms with Gasteiger partial charge in [0.25, 0.3) is 0 Å². The molecule has 1 heteroatoms. The minimum absolute atomic E-state index is 0.321. The Morgan fingerprint density at radius 3 is 1.81 bits per heavy atom. The molecule has 7 rings (SSSR count). The second-order valence-corrected chi connectivity index (χ2v) is 9.60. The van der Waals surface area contributed by atoms with E-state index in [1.807, 2.05) is 11.3 Å². The van der Waals surface area contributed by atoms with Crippen molar-refractivity contribution in [2.45, 2.75) is 5.41 Å². The van der Waals surface area contributed by atoms with E-state index in [1.54, 1.807) is 0 Å². The molecule has 1 aliphatic rings. The van der Waals surface area contributed by atoms with E-state index in [2.05, 4.69) is 121 Å². The van der Waals surface area contributed by atoms with Gasteiger partial charge in [-0.3, -0.25) is 0 Å². The molecule has 0 unspecified atom stereocenters. The molecule has 0 bridgehead atoms. The first kappa shape index (κ1) is 17.9. The minimum Gasteiger partial charge on any atom is -0.135 e. The maximum Gasteiger partial charge on any atom is 0.0714 e. The Bertz CT molecular complexity index is 1570. The first-order valence-electron chi connectivity index (χ1n) is 11.0. The number of fused-ring (bicyclic) bond motifs is 6. The molecule has 6 aromatic rings. The fourth-order valence-electron chi connectivity index (χ4n) is 5.66. The highest BCUT2D eigenvalue weighted by Crippen LogP contribution is 2.57. The number of rotatable bonds is 2. The molecular weight excluding hydrogens is 404 g/mol. The summed E-state index contributed by atoms with van der Waals surface area (Å²) in [5, 5.41) is 2.71. The van der Waals surface area contributed by atoms with Crippen LogP contribution in [0.1, 0.15) is 22.3 Å². The molecule has 32 heavy (non-hydrogen) atoms. The van der Waals surface area contributed by atoms with Gasteiger partial charge in [0.2, 0.25) is 0 Å². The van der Waals surface area contributed by atoms with E-state index in [0.717, 1.165) is 0 Å². The number of thiophene rings is 1. The molecule has 150 valence electrons. The molecule has 0 radical (unpaired) electrons. The van der Waals surface area contributed by atoms with Crippen LogP contribution in [0.25, 0.3) is 31.3 Å². The van der Waals surface area contributed by atoms with Crippen LogP contribution in [0.15, 0.2) is 121 Å². The number of hydrogen-bond acceptors (Lipinski definition) is 1. The lowest BCUT2D eigenvalue weighted by molar-refractivity contribution is 0.770. The molecule has 1 aromatic heterocycles. The summed E-state index contributed by atoms with van der Waals surface area (Å²) in [5.41, 5.74) is 7.76. The van der Waals surface area contributed by atoms with Crippen molar-refractivity contribution in [3.05, 3.63) is 144 Å². The standard InChI is InChI=1S/C31H20S/c1-3-11-21(12-4-1)31(22-13-5-2-6-14-22)27-17-9-7-15-23(27)25-19-26-24-16-8-10-18-29(24)32-30(26)20-28(25)31/h1-20H. The topological polar surface area (TPSA) is 0 Å². The van der Waals surface area contributed by atoms with E-state index in [1.165, 1.54) is 53.6 Å². The monoisotopic (exact) mass is 424 g/mol. The lowest BCUT2D eigenvalue weighted by Gasteiger charge is -2.33. The van der Waals surface area contributed by atoms with Crippen molar-refractivity contribution in [2.24, 2.45) is 0 Å². The van der Waals surface area contributed by atoms with Gasteiger partial charge in [-0.25, -0.2) is 0 Å². The molecular formula is C31H20S. The third kappa shape index (κ3) is 2.26.